The minimum absolute atomic E-state index is 0.0694. The maximum absolute atomic E-state index is 13.4. The van der Waals surface area contributed by atoms with Gasteiger partial charge in [-0.15, -0.1) is 0 Å². The van der Waals surface area contributed by atoms with Gasteiger partial charge in [-0.2, -0.15) is 0 Å². The zero-order valence-electron chi connectivity index (χ0n) is 18.9. The Kier molecular flexibility index (Phi) is 5.92. The minimum Gasteiger partial charge on any atom is -0.308 e. The number of hydrogen-bond acceptors (Lipinski definition) is 4. The van der Waals surface area contributed by atoms with Gasteiger partial charge in [0.25, 0.3) is 0 Å². The first-order valence-electron chi connectivity index (χ1n) is 10.9. The fourth-order valence-corrected chi connectivity index (χ4v) is 3.94. The van der Waals surface area contributed by atoms with Crippen molar-refractivity contribution >= 4 is 34.7 Å². The third-order valence-corrected chi connectivity index (χ3v) is 5.65. The molecule has 0 bridgehead atoms. The van der Waals surface area contributed by atoms with Crippen molar-refractivity contribution < 1.29 is 9.18 Å². The van der Waals surface area contributed by atoms with E-state index in [0.29, 0.717) is 28.5 Å². The van der Waals surface area contributed by atoms with E-state index in [9.17, 15) is 9.18 Å². The highest BCUT2D eigenvalue weighted by Gasteiger charge is 2.16. The molecule has 3 aromatic heterocycles. The number of fused-ring (bicyclic) bond motifs is 1. The van der Waals surface area contributed by atoms with Gasteiger partial charge >= 0.3 is 6.03 Å². The summed E-state index contributed by atoms with van der Waals surface area (Å²) in [5.74, 6) is 1.20. The second-order valence-electron chi connectivity index (χ2n) is 8.21. The largest absolute Gasteiger partial charge is 0.323 e. The van der Waals surface area contributed by atoms with Gasteiger partial charge in [0, 0.05) is 53.8 Å². The number of carbonyl (C=O) groups is 1. The molecule has 0 fully saturated rings. The van der Waals surface area contributed by atoms with E-state index < -0.39 is 11.8 Å². The number of urea groups is 1. The molecule has 2 N–H and O–H groups in total. The number of amides is 2. The molecule has 8 nitrogen and oxygen atoms in total. The summed E-state index contributed by atoms with van der Waals surface area (Å²) in [5, 5.41) is 5.36. The molecule has 5 aromatic rings. The van der Waals surface area contributed by atoms with Gasteiger partial charge < -0.3 is 15.0 Å². The summed E-state index contributed by atoms with van der Waals surface area (Å²) >= 11 is 5.79. The topological polar surface area (TPSA) is 89.1 Å². The van der Waals surface area contributed by atoms with E-state index >= 15 is 0 Å². The number of nitrogens with one attached hydrogen (secondary N) is 2. The molecule has 0 aliphatic rings. The Bertz CT molecular complexity index is 1540. The number of halogens is 2. The number of anilines is 2. The Morgan fingerprint density at radius 3 is 2.57 bits per heavy atom. The Balaban J connectivity index is 1.45. The van der Waals surface area contributed by atoms with E-state index in [-0.39, 0.29) is 10.9 Å². The lowest BCUT2D eigenvalue weighted by Gasteiger charge is -2.13. The van der Waals surface area contributed by atoms with E-state index in [1.807, 2.05) is 45.8 Å². The van der Waals surface area contributed by atoms with Crippen molar-refractivity contribution in [3.63, 3.8) is 0 Å². The predicted molar refractivity (Wildman–Crippen MR) is 134 cm³/mol. The van der Waals surface area contributed by atoms with E-state index in [2.05, 4.69) is 34.4 Å². The molecule has 35 heavy (non-hydrogen) atoms. The highest BCUT2D eigenvalue weighted by Crippen LogP contribution is 2.26. The zero-order chi connectivity index (χ0) is 24.5. The van der Waals surface area contributed by atoms with Crippen molar-refractivity contribution in [2.24, 2.45) is 0 Å². The van der Waals surface area contributed by atoms with Gasteiger partial charge in [0.05, 0.1) is 10.7 Å². The Labute approximate surface area is 205 Å². The SMILES string of the molecule is CC(C)c1nccn1-c1nc(-c2cccc(NC(=O)Nc3ccc(F)c(Cl)c3)c2)cn2ccnc12. The molecule has 10 heteroatoms. The number of nitrogens with zero attached hydrogens (tertiary/aromatic N) is 5. The lowest BCUT2D eigenvalue weighted by atomic mass is 10.1. The quantitative estimate of drug-likeness (QED) is 0.310. The fraction of sp³-hybridized carbons (Fsp3) is 0.120. The number of aromatic nitrogens is 5. The molecule has 0 saturated heterocycles. The molecule has 0 saturated carbocycles. The maximum atomic E-state index is 13.4. The lowest BCUT2D eigenvalue weighted by molar-refractivity contribution is 0.262. The highest BCUT2D eigenvalue weighted by atomic mass is 35.5. The van der Waals surface area contributed by atoms with Gasteiger partial charge in [0.2, 0.25) is 0 Å². The van der Waals surface area contributed by atoms with Crippen LogP contribution < -0.4 is 10.6 Å². The molecule has 2 aromatic carbocycles. The first kappa shape index (κ1) is 22.5. The second-order valence-corrected chi connectivity index (χ2v) is 8.61. The summed E-state index contributed by atoms with van der Waals surface area (Å²) in [7, 11) is 0. The van der Waals surface area contributed by atoms with Crippen LogP contribution >= 0.6 is 11.6 Å². The number of imidazole rings is 2. The summed E-state index contributed by atoms with van der Waals surface area (Å²) in [5.41, 5.74) is 3.15. The van der Waals surface area contributed by atoms with Crippen LogP contribution in [0, 0.1) is 5.82 Å². The molecule has 2 amide bonds. The molecular weight excluding hydrogens is 469 g/mol. The number of carbonyl (C=O) groups excluding carboxylic acids is 1. The van der Waals surface area contributed by atoms with Gasteiger partial charge in [0.15, 0.2) is 11.5 Å². The number of hydrogen-bond donors (Lipinski definition) is 2. The fourth-order valence-electron chi connectivity index (χ4n) is 3.76. The van der Waals surface area contributed by atoms with Crippen molar-refractivity contribution in [3.05, 3.63) is 90.1 Å². The molecule has 176 valence electrons. The summed E-state index contributed by atoms with van der Waals surface area (Å²) in [6.07, 6.45) is 9.10. The molecule has 0 atom stereocenters. The summed E-state index contributed by atoms with van der Waals surface area (Å²) < 4.78 is 17.2. The van der Waals surface area contributed by atoms with Crippen molar-refractivity contribution in [2.45, 2.75) is 19.8 Å². The number of rotatable bonds is 5. The van der Waals surface area contributed by atoms with E-state index in [0.717, 1.165) is 11.4 Å². The Morgan fingerprint density at radius 2 is 1.80 bits per heavy atom. The normalized spacial score (nSPS) is 11.2. The van der Waals surface area contributed by atoms with Crippen LogP contribution in [0.5, 0.6) is 0 Å². The first-order valence-corrected chi connectivity index (χ1v) is 11.3. The van der Waals surface area contributed by atoms with Crippen LogP contribution in [0.25, 0.3) is 22.7 Å². The molecule has 0 unspecified atom stereocenters. The van der Waals surface area contributed by atoms with Crippen molar-refractivity contribution in [1.82, 2.24) is 23.9 Å². The van der Waals surface area contributed by atoms with E-state index in [1.165, 1.54) is 18.2 Å². The third-order valence-electron chi connectivity index (χ3n) is 5.36. The molecule has 5 rings (SSSR count). The molecule has 0 aliphatic heterocycles. The Morgan fingerprint density at radius 1 is 1.03 bits per heavy atom. The first-order chi connectivity index (χ1) is 16.9. The van der Waals surface area contributed by atoms with Crippen LogP contribution in [0.2, 0.25) is 5.02 Å². The van der Waals surface area contributed by atoms with Gasteiger partial charge in [-0.3, -0.25) is 4.57 Å². The predicted octanol–water partition coefficient (Wildman–Crippen LogP) is 6.14. The standard InChI is InChI=1S/C25H21ClFN7O/c1-15(2)22-28-9-11-34(22)24-23-29-8-10-33(23)14-21(32-24)16-4-3-5-17(12-16)30-25(35)31-18-6-7-20(27)19(26)13-18/h3-15H,1-2H3,(H2,30,31,35). The maximum Gasteiger partial charge on any atom is 0.323 e. The Hall–Kier alpha value is -4.24. The van der Waals surface area contributed by atoms with Crippen LogP contribution in [0.15, 0.2) is 73.4 Å². The molecule has 0 aliphatic carbocycles. The van der Waals surface area contributed by atoms with Crippen LogP contribution in [-0.4, -0.2) is 30.0 Å². The van der Waals surface area contributed by atoms with E-state index in [4.69, 9.17) is 16.6 Å². The summed E-state index contributed by atoms with van der Waals surface area (Å²) in [4.78, 5) is 26.3. The molecular formula is C25H21ClFN7O. The molecule has 0 spiro atoms. The second kappa shape index (κ2) is 9.19. The van der Waals surface area contributed by atoms with Crippen LogP contribution in [-0.2, 0) is 0 Å². The minimum atomic E-state index is -0.553. The molecule has 3 heterocycles. The van der Waals surface area contributed by atoms with Crippen LogP contribution in [0.4, 0.5) is 20.6 Å². The third kappa shape index (κ3) is 4.58. The van der Waals surface area contributed by atoms with Crippen molar-refractivity contribution in [2.75, 3.05) is 10.6 Å². The number of benzene rings is 2. The van der Waals surface area contributed by atoms with Crippen molar-refractivity contribution in [3.8, 4) is 17.1 Å². The average Bonchev–Trinajstić information content (AvgIpc) is 3.51. The molecule has 0 radical (unpaired) electrons. The van der Waals surface area contributed by atoms with Crippen LogP contribution in [0.1, 0.15) is 25.6 Å². The zero-order valence-corrected chi connectivity index (χ0v) is 19.7. The lowest BCUT2D eigenvalue weighted by Crippen LogP contribution is -2.19. The monoisotopic (exact) mass is 489 g/mol. The smallest absolute Gasteiger partial charge is 0.308 e. The van der Waals surface area contributed by atoms with Gasteiger partial charge in [-0.1, -0.05) is 37.6 Å². The van der Waals surface area contributed by atoms with Gasteiger partial charge in [-0.05, 0) is 30.3 Å². The van der Waals surface area contributed by atoms with Gasteiger partial charge in [-0.25, -0.2) is 24.1 Å². The summed E-state index contributed by atoms with van der Waals surface area (Å²) in [6.45, 7) is 4.15. The highest BCUT2D eigenvalue weighted by molar-refractivity contribution is 6.31. The van der Waals surface area contributed by atoms with Crippen LogP contribution in [0.3, 0.4) is 0 Å². The summed E-state index contributed by atoms with van der Waals surface area (Å²) in [6, 6.07) is 10.8. The van der Waals surface area contributed by atoms with Crippen molar-refractivity contribution in [1.29, 1.82) is 0 Å². The van der Waals surface area contributed by atoms with Gasteiger partial charge in [0.1, 0.15) is 11.6 Å². The van der Waals surface area contributed by atoms with E-state index in [1.54, 1.807) is 18.5 Å². The average molecular weight is 490 g/mol.